The molecule has 0 aliphatic carbocycles. The van der Waals surface area contributed by atoms with Crippen molar-refractivity contribution in [1.29, 1.82) is 0 Å². The summed E-state index contributed by atoms with van der Waals surface area (Å²) in [7, 11) is 0. The van der Waals surface area contributed by atoms with E-state index in [1.54, 1.807) is 12.1 Å². The number of benzene rings is 2. The first-order valence-corrected chi connectivity index (χ1v) is 8.85. The van der Waals surface area contributed by atoms with Crippen LogP contribution in [0.25, 0.3) is 22.2 Å². The van der Waals surface area contributed by atoms with Crippen LogP contribution in [0.2, 0.25) is 0 Å². The SMILES string of the molecule is NCc1ccc(-c2cccc(CNc3nc(=O)n(O)c4ncccc34)c2)cc1. The van der Waals surface area contributed by atoms with Gasteiger partial charge >= 0.3 is 5.69 Å². The van der Waals surface area contributed by atoms with Gasteiger partial charge in [-0.2, -0.15) is 4.98 Å². The topological polar surface area (TPSA) is 106 Å². The smallest absolute Gasteiger partial charge is 0.384 e. The molecule has 7 nitrogen and oxygen atoms in total. The number of hydrogen-bond donors (Lipinski definition) is 3. The van der Waals surface area contributed by atoms with Crippen LogP contribution in [-0.2, 0) is 13.1 Å². The van der Waals surface area contributed by atoms with Crippen LogP contribution in [0, 0.1) is 0 Å². The van der Waals surface area contributed by atoms with E-state index in [-0.39, 0.29) is 5.65 Å². The first kappa shape index (κ1) is 17.7. The molecule has 0 atom stereocenters. The van der Waals surface area contributed by atoms with E-state index >= 15 is 0 Å². The first-order valence-electron chi connectivity index (χ1n) is 8.85. The predicted octanol–water partition coefficient (Wildman–Crippen LogP) is 2.77. The summed E-state index contributed by atoms with van der Waals surface area (Å²) in [5.74, 6) is 0.385. The van der Waals surface area contributed by atoms with Gasteiger partial charge in [-0.1, -0.05) is 42.5 Å². The third-order valence-corrected chi connectivity index (χ3v) is 4.54. The summed E-state index contributed by atoms with van der Waals surface area (Å²) < 4.78 is 0.451. The van der Waals surface area contributed by atoms with Gasteiger partial charge in [-0.15, -0.1) is 4.73 Å². The Bertz CT molecular complexity index is 1190. The Morgan fingerprint density at radius 3 is 2.61 bits per heavy atom. The lowest BCUT2D eigenvalue weighted by Gasteiger charge is -2.11. The van der Waals surface area contributed by atoms with E-state index in [4.69, 9.17) is 5.73 Å². The largest absolute Gasteiger partial charge is 0.422 e. The number of aromatic nitrogens is 3. The Balaban J connectivity index is 1.60. The van der Waals surface area contributed by atoms with Crippen LogP contribution >= 0.6 is 0 Å². The summed E-state index contributed by atoms with van der Waals surface area (Å²) in [6, 6.07) is 19.7. The standard InChI is InChI=1S/C21H19N5O2/c22-12-14-6-8-16(9-7-14)17-4-1-3-15(11-17)13-24-19-18-5-2-10-23-20(18)26(28)21(27)25-19/h1-11,28H,12-13,22H2,(H,24,25,27). The molecule has 0 saturated heterocycles. The van der Waals surface area contributed by atoms with Gasteiger partial charge in [0, 0.05) is 19.3 Å². The minimum absolute atomic E-state index is 0.166. The molecule has 0 aliphatic rings. The number of pyridine rings is 1. The zero-order valence-corrected chi connectivity index (χ0v) is 15.0. The number of anilines is 1. The van der Waals surface area contributed by atoms with E-state index < -0.39 is 5.69 Å². The lowest BCUT2D eigenvalue weighted by atomic mass is 10.0. The summed E-state index contributed by atoms with van der Waals surface area (Å²) in [4.78, 5) is 19.8. The van der Waals surface area contributed by atoms with Crippen molar-refractivity contribution < 1.29 is 5.21 Å². The second kappa shape index (κ2) is 7.50. The zero-order chi connectivity index (χ0) is 19.5. The number of rotatable bonds is 5. The van der Waals surface area contributed by atoms with Gasteiger partial charge < -0.3 is 16.3 Å². The Morgan fingerprint density at radius 2 is 1.82 bits per heavy atom. The van der Waals surface area contributed by atoms with Crippen molar-refractivity contribution in [2.45, 2.75) is 13.1 Å². The van der Waals surface area contributed by atoms with Gasteiger partial charge in [-0.05, 0) is 40.5 Å². The third kappa shape index (κ3) is 3.43. The Labute approximate surface area is 161 Å². The van der Waals surface area contributed by atoms with Crippen molar-refractivity contribution in [1.82, 2.24) is 14.7 Å². The highest BCUT2D eigenvalue weighted by Gasteiger charge is 2.10. The molecular weight excluding hydrogens is 354 g/mol. The average molecular weight is 373 g/mol. The quantitative estimate of drug-likeness (QED) is 0.465. The Morgan fingerprint density at radius 1 is 1.00 bits per heavy atom. The molecular formula is C21H19N5O2. The van der Waals surface area contributed by atoms with Crippen LogP contribution in [-0.4, -0.2) is 19.9 Å². The number of nitrogens with one attached hydrogen (secondary N) is 1. The molecule has 140 valence electrons. The molecule has 0 radical (unpaired) electrons. The molecule has 0 amide bonds. The molecule has 2 aromatic heterocycles. The van der Waals surface area contributed by atoms with Crippen molar-refractivity contribution in [3.05, 3.63) is 88.5 Å². The van der Waals surface area contributed by atoms with Gasteiger partial charge in [0.2, 0.25) is 0 Å². The molecule has 7 heteroatoms. The summed E-state index contributed by atoms with van der Waals surface area (Å²) in [6.45, 7) is 0.993. The lowest BCUT2D eigenvalue weighted by molar-refractivity contribution is 0.182. The first-order chi connectivity index (χ1) is 13.7. The van der Waals surface area contributed by atoms with Crippen molar-refractivity contribution >= 4 is 16.9 Å². The van der Waals surface area contributed by atoms with E-state index in [0.717, 1.165) is 22.3 Å². The number of nitrogens with two attached hydrogens (primary N) is 1. The molecule has 4 aromatic rings. The summed E-state index contributed by atoms with van der Waals surface area (Å²) in [6.07, 6.45) is 1.51. The van der Waals surface area contributed by atoms with E-state index in [2.05, 4.69) is 33.5 Å². The second-order valence-corrected chi connectivity index (χ2v) is 6.38. The number of hydrogen-bond acceptors (Lipinski definition) is 6. The monoisotopic (exact) mass is 373 g/mol. The third-order valence-electron chi connectivity index (χ3n) is 4.54. The van der Waals surface area contributed by atoms with Gasteiger partial charge in [0.1, 0.15) is 5.82 Å². The van der Waals surface area contributed by atoms with E-state index in [1.165, 1.54) is 6.20 Å². The number of fused-ring (bicyclic) bond motifs is 1. The molecule has 2 aromatic carbocycles. The van der Waals surface area contributed by atoms with E-state index in [0.29, 0.717) is 29.0 Å². The van der Waals surface area contributed by atoms with Gasteiger partial charge in [0.05, 0.1) is 5.39 Å². The molecule has 2 heterocycles. The fourth-order valence-corrected chi connectivity index (χ4v) is 3.06. The summed E-state index contributed by atoms with van der Waals surface area (Å²) >= 11 is 0. The normalized spacial score (nSPS) is 10.9. The zero-order valence-electron chi connectivity index (χ0n) is 15.0. The van der Waals surface area contributed by atoms with Crippen LogP contribution in [0.5, 0.6) is 0 Å². The van der Waals surface area contributed by atoms with Crippen LogP contribution < -0.4 is 16.7 Å². The molecule has 0 bridgehead atoms. The van der Waals surface area contributed by atoms with Crippen molar-refractivity contribution in [3.63, 3.8) is 0 Å². The van der Waals surface area contributed by atoms with Crippen molar-refractivity contribution in [2.75, 3.05) is 5.32 Å². The predicted molar refractivity (Wildman–Crippen MR) is 108 cm³/mol. The van der Waals surface area contributed by atoms with Gasteiger partial charge in [-0.3, -0.25) is 0 Å². The van der Waals surface area contributed by atoms with Crippen LogP contribution in [0.4, 0.5) is 5.82 Å². The maximum absolute atomic E-state index is 11.9. The van der Waals surface area contributed by atoms with Crippen molar-refractivity contribution in [3.8, 4) is 11.1 Å². The highest BCUT2D eigenvalue weighted by molar-refractivity contribution is 5.86. The van der Waals surface area contributed by atoms with Crippen LogP contribution in [0.1, 0.15) is 11.1 Å². The van der Waals surface area contributed by atoms with Gasteiger partial charge in [0.15, 0.2) is 5.65 Å². The molecule has 4 N–H and O–H groups in total. The highest BCUT2D eigenvalue weighted by Crippen LogP contribution is 2.22. The maximum atomic E-state index is 11.9. The molecule has 0 spiro atoms. The maximum Gasteiger partial charge on any atom is 0.384 e. The Hall–Kier alpha value is -3.71. The molecule has 0 aliphatic heterocycles. The van der Waals surface area contributed by atoms with Crippen molar-refractivity contribution in [2.24, 2.45) is 5.73 Å². The highest BCUT2D eigenvalue weighted by atomic mass is 16.5. The molecule has 0 saturated carbocycles. The van der Waals surface area contributed by atoms with Gasteiger partial charge in [0.25, 0.3) is 0 Å². The second-order valence-electron chi connectivity index (χ2n) is 6.38. The minimum Gasteiger partial charge on any atom is -0.422 e. The number of nitrogens with zero attached hydrogens (tertiary/aromatic N) is 3. The average Bonchev–Trinajstić information content (AvgIpc) is 2.75. The summed E-state index contributed by atoms with van der Waals surface area (Å²) in [5.41, 5.74) is 9.37. The Kier molecular flexibility index (Phi) is 4.74. The molecule has 0 fully saturated rings. The molecule has 0 unspecified atom stereocenters. The summed E-state index contributed by atoms with van der Waals surface area (Å²) in [5, 5.41) is 13.6. The van der Waals surface area contributed by atoms with Crippen LogP contribution in [0.3, 0.4) is 0 Å². The molecule has 28 heavy (non-hydrogen) atoms. The van der Waals surface area contributed by atoms with E-state index in [1.807, 2.05) is 30.3 Å². The lowest BCUT2D eigenvalue weighted by Crippen LogP contribution is -2.23. The fourth-order valence-electron chi connectivity index (χ4n) is 3.06. The van der Waals surface area contributed by atoms with Crippen LogP contribution in [0.15, 0.2) is 71.7 Å². The van der Waals surface area contributed by atoms with E-state index in [9.17, 15) is 10.0 Å². The fraction of sp³-hybridized carbons (Fsp3) is 0.0952. The van der Waals surface area contributed by atoms with Gasteiger partial charge in [-0.25, -0.2) is 9.78 Å². The minimum atomic E-state index is -0.776. The molecule has 4 rings (SSSR count).